The molecule has 0 aliphatic heterocycles. The smallest absolute Gasteiger partial charge is 0.406 e. The molecule has 0 fully saturated rings. The predicted octanol–water partition coefficient (Wildman–Crippen LogP) is 5.79. The first-order valence-corrected chi connectivity index (χ1v) is 10.4. The molecule has 4 aromatic rings. The van der Waals surface area contributed by atoms with E-state index in [1.54, 1.807) is 31.2 Å². The monoisotopic (exact) mass is 488 g/mol. The van der Waals surface area contributed by atoms with Gasteiger partial charge in [0.2, 0.25) is 0 Å². The maximum Gasteiger partial charge on any atom is 0.573 e. The molecule has 0 unspecified atom stereocenters. The third-order valence-corrected chi connectivity index (χ3v) is 5.10. The number of alkyl halides is 3. The first kappa shape index (κ1) is 23.2. The number of ether oxygens (including phenoxy) is 1. The largest absolute Gasteiger partial charge is 0.573 e. The molecule has 0 saturated heterocycles. The lowest BCUT2D eigenvalue weighted by atomic mass is 10.1. The van der Waals surface area contributed by atoms with Crippen molar-refractivity contribution in [3.8, 4) is 17.0 Å². The van der Waals surface area contributed by atoms with Gasteiger partial charge in [0.25, 0.3) is 5.91 Å². The summed E-state index contributed by atoms with van der Waals surface area (Å²) < 4.78 is 42.3. The van der Waals surface area contributed by atoms with Gasteiger partial charge in [0, 0.05) is 23.6 Å². The molecule has 2 aromatic carbocycles. The molecule has 0 radical (unpaired) electrons. The molecular weight excluding hydrogens is 473 g/mol. The summed E-state index contributed by atoms with van der Waals surface area (Å²) in [6, 6.07) is 13.2. The zero-order chi connectivity index (χ0) is 24.5. The van der Waals surface area contributed by atoms with E-state index in [1.807, 2.05) is 0 Å². The highest BCUT2D eigenvalue weighted by Gasteiger charge is 2.31. The number of hydrogen-bond donors (Lipinski definition) is 1. The highest BCUT2D eigenvalue weighted by atomic mass is 35.5. The summed E-state index contributed by atoms with van der Waals surface area (Å²) in [5, 5.41) is 6.97. The Morgan fingerprint density at radius 3 is 2.50 bits per heavy atom. The number of fused-ring (bicyclic) bond motifs is 1. The summed E-state index contributed by atoms with van der Waals surface area (Å²) in [6.07, 6.45) is -3.01. The van der Waals surface area contributed by atoms with E-state index in [0.29, 0.717) is 28.0 Å². The Bertz CT molecular complexity index is 1380. The predicted molar refractivity (Wildman–Crippen MR) is 119 cm³/mol. The molecule has 11 heteroatoms. The Balaban J connectivity index is 1.61. The molecule has 0 aliphatic rings. The Labute approximate surface area is 196 Å². The summed E-state index contributed by atoms with van der Waals surface area (Å²) >= 11 is 6.27. The molecule has 2 aromatic heterocycles. The molecule has 0 aliphatic carbocycles. The Morgan fingerprint density at radius 1 is 1.12 bits per heavy atom. The van der Waals surface area contributed by atoms with E-state index < -0.39 is 12.3 Å². The van der Waals surface area contributed by atoms with E-state index in [4.69, 9.17) is 11.6 Å². The summed E-state index contributed by atoms with van der Waals surface area (Å²) in [4.78, 5) is 29.2. The van der Waals surface area contributed by atoms with Crippen molar-refractivity contribution < 1.29 is 27.5 Å². The number of carbonyl (C=O) groups is 2. The molecule has 0 spiro atoms. The van der Waals surface area contributed by atoms with E-state index in [1.165, 1.54) is 28.9 Å². The van der Waals surface area contributed by atoms with Gasteiger partial charge in [-0.2, -0.15) is 5.10 Å². The van der Waals surface area contributed by atoms with Gasteiger partial charge in [0.1, 0.15) is 11.3 Å². The molecular formula is C23H16ClF3N4O3. The van der Waals surface area contributed by atoms with Crippen LogP contribution in [0.1, 0.15) is 34.2 Å². The van der Waals surface area contributed by atoms with Crippen molar-refractivity contribution >= 4 is 34.5 Å². The quantitative estimate of drug-likeness (QED) is 0.347. The average molecular weight is 489 g/mol. The van der Waals surface area contributed by atoms with Crippen LogP contribution in [-0.2, 0) is 0 Å². The molecule has 34 heavy (non-hydrogen) atoms. The van der Waals surface area contributed by atoms with Crippen LogP contribution >= 0.6 is 11.6 Å². The van der Waals surface area contributed by atoms with Gasteiger partial charge < -0.3 is 10.1 Å². The standard InChI is InChI=1S/C23H16ClF3N4O3/c1-2-20(32)15-5-3-4-6-16(15)29-22(33)17-11-19-21(24)28-18(12-31(19)30-17)13-7-9-14(10-8-13)34-23(25,26)27/h3-12H,2H2,1H3,(H,29,33). The Hall–Kier alpha value is -3.92. The number of nitrogens with zero attached hydrogens (tertiary/aromatic N) is 3. The third-order valence-electron chi connectivity index (χ3n) is 4.82. The lowest BCUT2D eigenvalue weighted by Crippen LogP contribution is -2.16. The number of aromatic nitrogens is 3. The Morgan fingerprint density at radius 2 is 1.82 bits per heavy atom. The molecule has 1 amide bonds. The topological polar surface area (TPSA) is 85.6 Å². The molecule has 4 rings (SSSR count). The van der Waals surface area contributed by atoms with Gasteiger partial charge >= 0.3 is 6.36 Å². The van der Waals surface area contributed by atoms with Gasteiger partial charge in [0.05, 0.1) is 17.6 Å². The second kappa shape index (κ2) is 9.14. The first-order chi connectivity index (χ1) is 16.1. The van der Waals surface area contributed by atoms with Crippen LogP contribution in [0.4, 0.5) is 18.9 Å². The van der Waals surface area contributed by atoms with Crippen LogP contribution in [0.5, 0.6) is 5.75 Å². The zero-order valence-corrected chi connectivity index (χ0v) is 18.3. The second-order valence-corrected chi connectivity index (χ2v) is 7.48. The highest BCUT2D eigenvalue weighted by Crippen LogP contribution is 2.28. The number of amides is 1. The van der Waals surface area contributed by atoms with Gasteiger partial charge in [0.15, 0.2) is 16.6 Å². The number of hydrogen-bond acceptors (Lipinski definition) is 5. The Kier molecular flexibility index (Phi) is 6.25. The molecule has 174 valence electrons. The fourth-order valence-electron chi connectivity index (χ4n) is 3.24. The van der Waals surface area contributed by atoms with E-state index >= 15 is 0 Å². The van der Waals surface area contributed by atoms with Crippen LogP contribution in [-0.4, -0.2) is 32.7 Å². The van der Waals surface area contributed by atoms with Crippen molar-refractivity contribution in [1.29, 1.82) is 0 Å². The minimum absolute atomic E-state index is 0.0357. The summed E-state index contributed by atoms with van der Waals surface area (Å²) in [5.41, 5.74) is 1.93. The van der Waals surface area contributed by atoms with Crippen molar-refractivity contribution in [3.63, 3.8) is 0 Å². The zero-order valence-electron chi connectivity index (χ0n) is 17.6. The van der Waals surface area contributed by atoms with Crippen molar-refractivity contribution in [2.24, 2.45) is 0 Å². The first-order valence-electron chi connectivity index (χ1n) is 10.0. The SMILES string of the molecule is CCC(=O)c1ccccc1NC(=O)c1cc2c(Cl)nc(-c3ccc(OC(F)(F)F)cc3)cn2n1. The maximum absolute atomic E-state index is 12.8. The second-order valence-electron chi connectivity index (χ2n) is 7.12. The van der Waals surface area contributed by atoms with Crippen LogP contribution in [0.25, 0.3) is 16.8 Å². The fraction of sp³-hybridized carbons (Fsp3) is 0.130. The number of Topliss-reactive ketones (excluding diaryl/α,β-unsaturated/α-hetero) is 1. The van der Waals surface area contributed by atoms with Gasteiger partial charge in [-0.15, -0.1) is 13.2 Å². The lowest BCUT2D eigenvalue weighted by molar-refractivity contribution is -0.274. The van der Waals surface area contributed by atoms with Gasteiger partial charge in [-0.05, 0) is 36.4 Å². The third kappa shape index (κ3) is 5.01. The summed E-state index contributed by atoms with van der Waals surface area (Å²) in [7, 11) is 0. The van der Waals surface area contributed by atoms with Crippen molar-refractivity contribution in [2.45, 2.75) is 19.7 Å². The number of nitrogens with one attached hydrogen (secondary N) is 1. The maximum atomic E-state index is 12.8. The van der Waals surface area contributed by atoms with Gasteiger partial charge in [-0.3, -0.25) is 9.59 Å². The number of anilines is 1. The van der Waals surface area contributed by atoms with Gasteiger partial charge in [-0.25, -0.2) is 9.50 Å². The number of benzene rings is 2. The molecule has 0 atom stereocenters. The summed E-state index contributed by atoms with van der Waals surface area (Å²) in [6.45, 7) is 1.73. The molecule has 7 nitrogen and oxygen atoms in total. The van der Waals surface area contributed by atoms with E-state index in [0.717, 1.165) is 12.1 Å². The number of para-hydroxylation sites is 1. The number of ketones is 1. The summed E-state index contributed by atoms with van der Waals surface area (Å²) in [5.74, 6) is -1.04. The van der Waals surface area contributed by atoms with Crippen LogP contribution < -0.4 is 10.1 Å². The molecule has 2 heterocycles. The van der Waals surface area contributed by atoms with Crippen molar-refractivity contribution in [3.05, 3.63) is 77.2 Å². The number of halogens is 4. The molecule has 0 saturated carbocycles. The fourth-order valence-corrected chi connectivity index (χ4v) is 3.48. The molecule has 0 bridgehead atoms. The van der Waals surface area contributed by atoms with Crippen molar-refractivity contribution in [1.82, 2.24) is 14.6 Å². The van der Waals surface area contributed by atoms with E-state index in [2.05, 4.69) is 20.1 Å². The minimum atomic E-state index is -4.79. The van der Waals surface area contributed by atoms with Crippen LogP contribution in [0.2, 0.25) is 5.15 Å². The van der Waals surface area contributed by atoms with E-state index in [9.17, 15) is 22.8 Å². The molecule has 1 N–H and O–H groups in total. The van der Waals surface area contributed by atoms with Crippen LogP contribution in [0, 0.1) is 0 Å². The lowest BCUT2D eigenvalue weighted by Gasteiger charge is -2.09. The van der Waals surface area contributed by atoms with E-state index in [-0.39, 0.29) is 28.8 Å². The normalized spacial score (nSPS) is 11.4. The van der Waals surface area contributed by atoms with Gasteiger partial charge in [-0.1, -0.05) is 30.7 Å². The highest BCUT2D eigenvalue weighted by molar-refractivity contribution is 6.32. The number of rotatable bonds is 6. The average Bonchev–Trinajstić information content (AvgIpc) is 3.23. The minimum Gasteiger partial charge on any atom is -0.406 e. The number of carbonyl (C=O) groups excluding carboxylic acids is 2. The van der Waals surface area contributed by atoms with Crippen LogP contribution in [0.3, 0.4) is 0 Å². The van der Waals surface area contributed by atoms with Crippen LogP contribution in [0.15, 0.2) is 60.8 Å². The van der Waals surface area contributed by atoms with Crippen molar-refractivity contribution in [2.75, 3.05) is 5.32 Å².